The van der Waals surface area contributed by atoms with Crippen molar-refractivity contribution in [3.8, 4) is 0 Å². The molecule has 0 aromatic heterocycles. The van der Waals surface area contributed by atoms with E-state index in [-0.39, 0.29) is 5.54 Å². The van der Waals surface area contributed by atoms with Crippen LogP contribution in [0.15, 0.2) is 0 Å². The highest BCUT2D eigenvalue weighted by atomic mass is 15.2. The molecule has 102 valence electrons. The summed E-state index contributed by atoms with van der Waals surface area (Å²) in [5, 5.41) is 0. The zero-order valence-electron chi connectivity index (χ0n) is 12.5. The Morgan fingerprint density at radius 2 is 2.00 bits per heavy atom. The molecule has 0 radical (unpaired) electrons. The van der Waals surface area contributed by atoms with Crippen LogP contribution >= 0.6 is 0 Å². The van der Waals surface area contributed by atoms with Crippen molar-refractivity contribution in [1.82, 2.24) is 4.90 Å². The average Bonchev–Trinajstić information content (AvgIpc) is 2.70. The summed E-state index contributed by atoms with van der Waals surface area (Å²) >= 11 is 0. The van der Waals surface area contributed by atoms with Crippen LogP contribution in [-0.2, 0) is 0 Å². The van der Waals surface area contributed by atoms with E-state index in [0.29, 0.717) is 6.04 Å². The number of rotatable bonds is 6. The minimum Gasteiger partial charge on any atom is -0.329 e. The van der Waals surface area contributed by atoms with Crippen LogP contribution in [0.4, 0.5) is 0 Å². The van der Waals surface area contributed by atoms with Gasteiger partial charge in [-0.15, -0.1) is 0 Å². The Bertz CT molecular complexity index is 227. The molecular weight excluding hydrogens is 208 g/mol. The van der Waals surface area contributed by atoms with E-state index in [1.807, 2.05) is 0 Å². The first kappa shape index (κ1) is 15.0. The van der Waals surface area contributed by atoms with Crippen molar-refractivity contribution < 1.29 is 0 Å². The van der Waals surface area contributed by atoms with Gasteiger partial charge in [0.2, 0.25) is 0 Å². The number of hydrogen-bond donors (Lipinski definition) is 1. The molecule has 2 nitrogen and oxygen atoms in total. The van der Waals surface area contributed by atoms with Gasteiger partial charge in [-0.05, 0) is 45.1 Å². The third-order valence-electron chi connectivity index (χ3n) is 4.94. The summed E-state index contributed by atoms with van der Waals surface area (Å²) in [5.41, 5.74) is 6.44. The van der Waals surface area contributed by atoms with Gasteiger partial charge in [0.05, 0.1) is 0 Å². The first-order valence-electron chi connectivity index (χ1n) is 7.41. The molecular formula is C15H32N2. The molecule has 1 fully saturated rings. The maximum Gasteiger partial charge on any atom is 0.0359 e. The largest absolute Gasteiger partial charge is 0.329 e. The predicted octanol–water partition coefficient (Wildman–Crippen LogP) is 3.26. The summed E-state index contributed by atoms with van der Waals surface area (Å²) in [6.07, 6.45) is 6.56. The van der Waals surface area contributed by atoms with Gasteiger partial charge in [0.25, 0.3) is 0 Å². The third kappa shape index (κ3) is 3.03. The standard InChI is InChI=1S/C15H32N2/c1-6-14-8-7-9-15(14,11-16)17(5)13(4)10-12(2)3/h12-14H,6-11,16H2,1-5H3. The van der Waals surface area contributed by atoms with Gasteiger partial charge in [0.15, 0.2) is 0 Å². The van der Waals surface area contributed by atoms with Gasteiger partial charge in [0.1, 0.15) is 0 Å². The first-order chi connectivity index (χ1) is 7.97. The summed E-state index contributed by atoms with van der Waals surface area (Å²) in [7, 11) is 2.30. The zero-order chi connectivity index (χ0) is 13.1. The van der Waals surface area contributed by atoms with Gasteiger partial charge in [0, 0.05) is 18.1 Å². The summed E-state index contributed by atoms with van der Waals surface area (Å²) in [4.78, 5) is 2.61. The highest BCUT2D eigenvalue weighted by molar-refractivity contribution is 5.01. The molecule has 0 aromatic carbocycles. The summed E-state index contributed by atoms with van der Waals surface area (Å²) in [6, 6.07) is 0.644. The molecule has 3 atom stereocenters. The lowest BCUT2D eigenvalue weighted by Crippen LogP contribution is -2.57. The van der Waals surface area contributed by atoms with Crippen LogP contribution in [0.2, 0.25) is 0 Å². The molecule has 0 saturated heterocycles. The Morgan fingerprint density at radius 1 is 1.35 bits per heavy atom. The molecule has 2 N–H and O–H groups in total. The lowest BCUT2D eigenvalue weighted by atomic mass is 9.82. The van der Waals surface area contributed by atoms with Crippen LogP contribution in [-0.4, -0.2) is 30.1 Å². The van der Waals surface area contributed by atoms with Crippen molar-refractivity contribution in [1.29, 1.82) is 0 Å². The van der Waals surface area contributed by atoms with Crippen LogP contribution in [0, 0.1) is 11.8 Å². The second-order valence-electron chi connectivity index (χ2n) is 6.39. The lowest BCUT2D eigenvalue weighted by Gasteiger charge is -2.46. The number of likely N-dealkylation sites (N-methyl/N-ethyl adjacent to an activating group) is 1. The molecule has 2 heteroatoms. The zero-order valence-corrected chi connectivity index (χ0v) is 12.5. The van der Waals surface area contributed by atoms with Crippen molar-refractivity contribution >= 4 is 0 Å². The lowest BCUT2D eigenvalue weighted by molar-refractivity contribution is 0.0404. The van der Waals surface area contributed by atoms with Crippen molar-refractivity contribution in [3.05, 3.63) is 0 Å². The fraction of sp³-hybridized carbons (Fsp3) is 1.00. The monoisotopic (exact) mass is 240 g/mol. The maximum atomic E-state index is 6.16. The maximum absolute atomic E-state index is 6.16. The minimum absolute atomic E-state index is 0.281. The molecule has 0 bridgehead atoms. The molecule has 0 spiro atoms. The van der Waals surface area contributed by atoms with Crippen molar-refractivity contribution in [2.45, 2.75) is 71.4 Å². The fourth-order valence-corrected chi connectivity index (χ4v) is 3.87. The second kappa shape index (κ2) is 6.19. The average molecular weight is 240 g/mol. The van der Waals surface area contributed by atoms with E-state index in [1.54, 1.807) is 0 Å². The highest BCUT2D eigenvalue weighted by Gasteiger charge is 2.45. The fourth-order valence-electron chi connectivity index (χ4n) is 3.87. The predicted molar refractivity (Wildman–Crippen MR) is 76.1 cm³/mol. The van der Waals surface area contributed by atoms with Crippen LogP contribution in [0.5, 0.6) is 0 Å². The Hall–Kier alpha value is -0.0800. The summed E-state index contributed by atoms with van der Waals surface area (Å²) in [6.45, 7) is 10.1. The molecule has 0 amide bonds. The summed E-state index contributed by atoms with van der Waals surface area (Å²) in [5.74, 6) is 1.57. The van der Waals surface area contributed by atoms with Gasteiger partial charge >= 0.3 is 0 Å². The van der Waals surface area contributed by atoms with Crippen LogP contribution < -0.4 is 5.73 Å². The van der Waals surface area contributed by atoms with Crippen LogP contribution in [0.25, 0.3) is 0 Å². The smallest absolute Gasteiger partial charge is 0.0359 e. The normalized spacial score (nSPS) is 31.4. The molecule has 1 aliphatic rings. The van der Waals surface area contributed by atoms with E-state index in [4.69, 9.17) is 5.73 Å². The summed E-state index contributed by atoms with van der Waals surface area (Å²) < 4.78 is 0. The van der Waals surface area contributed by atoms with Gasteiger partial charge in [-0.1, -0.05) is 33.6 Å². The molecule has 0 heterocycles. The molecule has 17 heavy (non-hydrogen) atoms. The Labute approximate surface area is 108 Å². The highest BCUT2D eigenvalue weighted by Crippen LogP contribution is 2.42. The van der Waals surface area contributed by atoms with Gasteiger partial charge in [-0.2, -0.15) is 0 Å². The van der Waals surface area contributed by atoms with Gasteiger partial charge < -0.3 is 5.73 Å². The van der Waals surface area contributed by atoms with E-state index >= 15 is 0 Å². The van der Waals surface area contributed by atoms with E-state index in [1.165, 1.54) is 32.1 Å². The van der Waals surface area contributed by atoms with E-state index in [0.717, 1.165) is 18.4 Å². The molecule has 3 unspecified atom stereocenters. The number of hydrogen-bond acceptors (Lipinski definition) is 2. The first-order valence-corrected chi connectivity index (χ1v) is 7.41. The SMILES string of the molecule is CCC1CCCC1(CN)N(C)C(C)CC(C)C. The Morgan fingerprint density at radius 3 is 2.47 bits per heavy atom. The van der Waals surface area contributed by atoms with Crippen molar-refractivity contribution in [2.75, 3.05) is 13.6 Å². The van der Waals surface area contributed by atoms with E-state index in [2.05, 4.69) is 39.6 Å². The second-order valence-corrected chi connectivity index (χ2v) is 6.39. The van der Waals surface area contributed by atoms with E-state index in [9.17, 15) is 0 Å². The Balaban J connectivity index is 2.78. The molecule has 0 aromatic rings. The molecule has 0 aliphatic heterocycles. The topological polar surface area (TPSA) is 29.3 Å². The van der Waals surface area contributed by atoms with Gasteiger partial charge in [-0.3, -0.25) is 4.90 Å². The van der Waals surface area contributed by atoms with E-state index < -0.39 is 0 Å². The molecule has 1 saturated carbocycles. The molecule has 1 aliphatic carbocycles. The quantitative estimate of drug-likeness (QED) is 0.772. The van der Waals surface area contributed by atoms with Crippen LogP contribution in [0.3, 0.4) is 0 Å². The number of nitrogens with zero attached hydrogens (tertiary/aromatic N) is 1. The van der Waals surface area contributed by atoms with Crippen molar-refractivity contribution in [3.63, 3.8) is 0 Å². The van der Waals surface area contributed by atoms with Gasteiger partial charge in [-0.25, -0.2) is 0 Å². The molecule has 1 rings (SSSR count). The third-order valence-corrected chi connectivity index (χ3v) is 4.94. The van der Waals surface area contributed by atoms with Crippen molar-refractivity contribution in [2.24, 2.45) is 17.6 Å². The van der Waals surface area contributed by atoms with Crippen LogP contribution in [0.1, 0.15) is 59.8 Å². The Kier molecular flexibility index (Phi) is 5.46. The minimum atomic E-state index is 0.281. The number of nitrogens with two attached hydrogens (primary N) is 1.